The Balaban J connectivity index is 1.54. The highest BCUT2D eigenvalue weighted by Crippen LogP contribution is 2.51. The van der Waals surface area contributed by atoms with E-state index in [-0.39, 0.29) is 17.5 Å². The van der Waals surface area contributed by atoms with Crippen LogP contribution in [0.1, 0.15) is 35.3 Å². The van der Waals surface area contributed by atoms with Gasteiger partial charge < -0.3 is 15.8 Å². The summed E-state index contributed by atoms with van der Waals surface area (Å²) < 4.78 is 43.9. The molecule has 1 amide bonds. The second-order valence-electron chi connectivity index (χ2n) is 7.37. The summed E-state index contributed by atoms with van der Waals surface area (Å²) in [6, 6.07) is 4.34. The second kappa shape index (κ2) is 8.74. The molecule has 3 N–H and O–H groups in total. The zero-order valence-electron chi connectivity index (χ0n) is 16.4. The van der Waals surface area contributed by atoms with E-state index in [0.717, 1.165) is 31.0 Å². The number of thioether (sulfide) groups is 1. The van der Waals surface area contributed by atoms with Gasteiger partial charge in [0.15, 0.2) is 11.8 Å². The third-order valence-electron chi connectivity index (χ3n) is 5.44. The molecule has 1 aromatic carbocycles. The second-order valence-corrected chi connectivity index (χ2v) is 8.41. The maximum atomic E-state index is 14.8. The number of rotatable bonds is 6. The van der Waals surface area contributed by atoms with Crippen LogP contribution in [0, 0.1) is 11.7 Å². The van der Waals surface area contributed by atoms with Crippen molar-refractivity contribution in [2.24, 2.45) is 16.6 Å². The van der Waals surface area contributed by atoms with Crippen molar-refractivity contribution >= 4 is 28.5 Å². The molecule has 1 saturated carbocycles. The van der Waals surface area contributed by atoms with Gasteiger partial charge in [0.25, 0.3) is 12.3 Å². The molecule has 2 aromatic rings. The molecule has 7 nitrogen and oxygen atoms in total. The van der Waals surface area contributed by atoms with E-state index in [1.165, 1.54) is 23.9 Å². The number of nitrogens with zero attached hydrogens (tertiary/aromatic N) is 3. The number of carbonyl (C=O) groups is 1. The quantitative estimate of drug-likeness (QED) is 0.696. The number of benzene rings is 1. The normalized spacial score (nSPS) is 22.7. The smallest absolute Gasteiger partial charge is 0.275 e. The predicted octanol–water partition coefficient (Wildman–Crippen LogP) is 3.57. The number of amidine groups is 1. The van der Waals surface area contributed by atoms with Crippen molar-refractivity contribution < 1.29 is 22.7 Å². The fraction of sp³-hybridized carbons (Fsp3) is 0.400. The molecule has 0 spiro atoms. The van der Waals surface area contributed by atoms with Crippen molar-refractivity contribution in [1.82, 2.24) is 9.97 Å². The average Bonchev–Trinajstić information content (AvgIpc) is 3.17. The summed E-state index contributed by atoms with van der Waals surface area (Å²) >= 11 is 1.48. The van der Waals surface area contributed by atoms with Crippen LogP contribution in [-0.4, -0.2) is 39.8 Å². The van der Waals surface area contributed by atoms with E-state index in [9.17, 15) is 18.0 Å². The summed E-state index contributed by atoms with van der Waals surface area (Å²) in [5.74, 6) is -0.127. The van der Waals surface area contributed by atoms with Gasteiger partial charge in [0, 0.05) is 17.0 Å². The molecule has 11 heteroatoms. The molecule has 0 bridgehead atoms. The molecule has 1 aliphatic heterocycles. The first-order chi connectivity index (χ1) is 14.9. The van der Waals surface area contributed by atoms with E-state index < -0.39 is 30.3 Å². The van der Waals surface area contributed by atoms with Crippen LogP contribution in [0.2, 0.25) is 0 Å². The van der Waals surface area contributed by atoms with E-state index in [1.54, 1.807) is 6.07 Å². The van der Waals surface area contributed by atoms with Crippen LogP contribution in [0.5, 0.6) is 5.88 Å². The highest BCUT2D eigenvalue weighted by Gasteiger charge is 2.48. The number of amides is 1. The molecule has 2 aliphatic rings. The molecular weight excluding hydrogens is 431 g/mol. The van der Waals surface area contributed by atoms with Gasteiger partial charge in [-0.3, -0.25) is 9.79 Å². The number of carbonyl (C=O) groups excluding carboxylic acids is 1. The fourth-order valence-electron chi connectivity index (χ4n) is 4.05. The van der Waals surface area contributed by atoms with Crippen LogP contribution in [-0.2, 0) is 5.54 Å². The lowest BCUT2D eigenvalue weighted by atomic mass is 9.81. The maximum Gasteiger partial charge on any atom is 0.275 e. The van der Waals surface area contributed by atoms with Crippen molar-refractivity contribution in [3.8, 4) is 5.88 Å². The van der Waals surface area contributed by atoms with E-state index in [4.69, 9.17) is 10.5 Å². The molecule has 31 heavy (non-hydrogen) atoms. The Hall–Kier alpha value is -2.82. The number of hydrogen-bond acceptors (Lipinski definition) is 7. The number of aliphatic imine (C=N–C) groups is 1. The van der Waals surface area contributed by atoms with Gasteiger partial charge >= 0.3 is 0 Å². The SMILES string of the molecule is NC1=N[C@@]2(c3cc(NC(=O)c4cnc(OCC(F)F)cn4)ccc3F)CCC[C@H]2CS1. The Labute approximate surface area is 180 Å². The maximum absolute atomic E-state index is 14.8. The number of alkyl halides is 2. The first kappa shape index (κ1) is 21.4. The largest absolute Gasteiger partial charge is 0.470 e. The molecule has 2 atom stereocenters. The number of anilines is 1. The van der Waals surface area contributed by atoms with E-state index >= 15 is 0 Å². The van der Waals surface area contributed by atoms with Crippen molar-refractivity contribution in [2.45, 2.75) is 31.2 Å². The first-order valence-corrected chi connectivity index (χ1v) is 10.7. The van der Waals surface area contributed by atoms with E-state index in [2.05, 4.69) is 20.3 Å². The highest BCUT2D eigenvalue weighted by molar-refractivity contribution is 8.13. The Bertz CT molecular complexity index is 1000. The lowest BCUT2D eigenvalue weighted by Crippen LogP contribution is -2.37. The molecular formula is C20H20F3N5O2S. The number of fused-ring (bicyclic) bond motifs is 1. The molecule has 0 radical (unpaired) electrons. The van der Waals surface area contributed by atoms with E-state index in [1.807, 2.05) is 0 Å². The van der Waals surface area contributed by atoms with Gasteiger partial charge in [-0.15, -0.1) is 0 Å². The fourth-order valence-corrected chi connectivity index (χ4v) is 5.09. The summed E-state index contributed by atoms with van der Waals surface area (Å²) in [7, 11) is 0. The summed E-state index contributed by atoms with van der Waals surface area (Å²) in [6.07, 6.45) is 2.13. The Morgan fingerprint density at radius 3 is 2.94 bits per heavy atom. The third-order valence-corrected chi connectivity index (χ3v) is 6.39. The summed E-state index contributed by atoms with van der Waals surface area (Å²) in [6.45, 7) is -0.813. The van der Waals surface area contributed by atoms with Crippen molar-refractivity contribution in [3.05, 3.63) is 47.7 Å². The predicted molar refractivity (Wildman–Crippen MR) is 111 cm³/mol. The summed E-state index contributed by atoms with van der Waals surface area (Å²) in [5, 5.41) is 3.11. The minimum absolute atomic E-state index is 0.0384. The number of nitrogens with one attached hydrogen (secondary N) is 1. The number of ether oxygens (including phenoxy) is 1. The van der Waals surface area contributed by atoms with Crippen LogP contribution in [0.4, 0.5) is 18.9 Å². The molecule has 1 aliphatic carbocycles. The molecule has 0 saturated heterocycles. The minimum atomic E-state index is -2.64. The molecule has 164 valence electrons. The number of nitrogens with two attached hydrogens (primary N) is 1. The number of hydrogen-bond donors (Lipinski definition) is 2. The van der Waals surface area contributed by atoms with Crippen LogP contribution in [0.3, 0.4) is 0 Å². The first-order valence-electron chi connectivity index (χ1n) is 9.70. The van der Waals surface area contributed by atoms with Crippen LogP contribution < -0.4 is 15.8 Å². The van der Waals surface area contributed by atoms with Crippen molar-refractivity contribution in [2.75, 3.05) is 17.7 Å². The van der Waals surface area contributed by atoms with Crippen LogP contribution in [0.15, 0.2) is 35.6 Å². The third kappa shape index (κ3) is 4.46. The van der Waals surface area contributed by atoms with Gasteiger partial charge in [-0.05, 0) is 37.0 Å². The average molecular weight is 451 g/mol. The topological polar surface area (TPSA) is 102 Å². The van der Waals surface area contributed by atoms with Gasteiger partial charge in [0.1, 0.15) is 11.5 Å². The zero-order chi connectivity index (χ0) is 22.0. The summed E-state index contributed by atoms with van der Waals surface area (Å²) in [4.78, 5) is 24.8. The Morgan fingerprint density at radius 2 is 2.19 bits per heavy atom. The number of aromatic nitrogens is 2. The molecule has 2 heterocycles. The van der Waals surface area contributed by atoms with Crippen molar-refractivity contribution in [3.63, 3.8) is 0 Å². The Morgan fingerprint density at radius 1 is 1.35 bits per heavy atom. The monoisotopic (exact) mass is 451 g/mol. The number of halogens is 3. The zero-order valence-corrected chi connectivity index (χ0v) is 17.2. The lowest BCUT2D eigenvalue weighted by molar-refractivity contribution is 0.0792. The standard InChI is InChI=1S/C20H20F3N5O2S/c21-14-4-3-12(6-13(14)20-5-1-2-11(20)10-31-19(24)28-20)27-18(29)15-7-26-17(8-25-15)30-9-16(22)23/h3-4,6-8,11,16H,1-2,5,9-10H2,(H2,24,28)(H,27,29)/t11-,20-/m0/s1. The van der Waals surface area contributed by atoms with Gasteiger partial charge in [-0.2, -0.15) is 0 Å². The van der Waals surface area contributed by atoms with Gasteiger partial charge in [0.05, 0.1) is 17.9 Å². The van der Waals surface area contributed by atoms with Gasteiger partial charge in [-0.1, -0.05) is 18.2 Å². The van der Waals surface area contributed by atoms with Gasteiger partial charge in [0.2, 0.25) is 5.88 Å². The molecule has 0 unspecified atom stereocenters. The van der Waals surface area contributed by atoms with Crippen LogP contribution >= 0.6 is 11.8 Å². The Kier molecular flexibility index (Phi) is 6.03. The van der Waals surface area contributed by atoms with Crippen molar-refractivity contribution in [1.29, 1.82) is 0 Å². The highest BCUT2D eigenvalue weighted by atomic mass is 32.2. The minimum Gasteiger partial charge on any atom is -0.470 e. The molecule has 4 rings (SSSR count). The van der Waals surface area contributed by atoms with E-state index in [0.29, 0.717) is 22.8 Å². The lowest BCUT2D eigenvalue weighted by Gasteiger charge is -2.36. The molecule has 1 fully saturated rings. The summed E-state index contributed by atoms with van der Waals surface area (Å²) in [5.41, 5.74) is 6.00. The molecule has 1 aromatic heterocycles. The van der Waals surface area contributed by atoms with Gasteiger partial charge in [-0.25, -0.2) is 23.1 Å². The van der Waals surface area contributed by atoms with Crippen LogP contribution in [0.25, 0.3) is 0 Å².